The minimum atomic E-state index is -0.925. The van der Waals surface area contributed by atoms with Crippen molar-refractivity contribution in [1.82, 2.24) is 0 Å². The summed E-state index contributed by atoms with van der Waals surface area (Å²) in [6.45, 7) is 17.9. The number of aryl methyl sites for hydroxylation is 8. The molecule has 6 rings (SSSR count). The van der Waals surface area contributed by atoms with Crippen molar-refractivity contribution in [3.05, 3.63) is 153 Å². The van der Waals surface area contributed by atoms with Crippen molar-refractivity contribution in [3.63, 3.8) is 0 Å². The second kappa shape index (κ2) is 15.3. The molecule has 0 amide bonds. The summed E-state index contributed by atoms with van der Waals surface area (Å²) in [5.74, 6) is 2.03. The first-order valence-corrected chi connectivity index (χ1v) is 20.5. The summed E-state index contributed by atoms with van der Waals surface area (Å²) in [6, 6.07) is 35.3. The Bertz CT molecular complexity index is 1870. The monoisotopic (exact) mass is 698 g/mol. The first-order chi connectivity index (χ1) is 23.9. The van der Waals surface area contributed by atoms with Gasteiger partial charge in [-0.15, -0.1) is 0 Å². The minimum absolute atomic E-state index is 0.0226. The van der Waals surface area contributed by atoms with Crippen LogP contribution in [0.5, 0.6) is 5.75 Å². The van der Waals surface area contributed by atoms with Crippen LogP contribution in [0, 0.1) is 55.4 Å². The lowest BCUT2D eigenvalue weighted by atomic mass is 9.86. The Morgan fingerprint density at radius 1 is 0.520 bits per heavy atom. The summed E-state index contributed by atoms with van der Waals surface area (Å²) < 4.78 is 12.9. The van der Waals surface area contributed by atoms with Gasteiger partial charge in [0.15, 0.2) is 0 Å². The zero-order valence-electron chi connectivity index (χ0n) is 31.5. The van der Waals surface area contributed by atoms with Crippen LogP contribution in [0.3, 0.4) is 0 Å². The van der Waals surface area contributed by atoms with Crippen molar-refractivity contribution < 1.29 is 9.47 Å². The van der Waals surface area contributed by atoms with E-state index in [0.717, 1.165) is 24.4 Å². The highest BCUT2D eigenvalue weighted by Crippen LogP contribution is 2.55. The maximum Gasteiger partial charge on any atom is 0.123 e. The highest BCUT2D eigenvalue weighted by atomic mass is 31.1. The average Bonchev–Trinajstić information content (AvgIpc) is 3.03. The number of ether oxygens (including phenoxy) is 2. The van der Waals surface area contributed by atoms with Gasteiger partial charge in [-0.2, -0.15) is 0 Å². The molecule has 0 heterocycles. The van der Waals surface area contributed by atoms with Crippen molar-refractivity contribution >= 4 is 42.4 Å². The van der Waals surface area contributed by atoms with E-state index in [1.807, 2.05) is 14.2 Å². The maximum absolute atomic E-state index is 6.45. The summed E-state index contributed by atoms with van der Waals surface area (Å²) >= 11 is 0. The van der Waals surface area contributed by atoms with Crippen molar-refractivity contribution in [1.29, 1.82) is 0 Å². The third-order valence-electron chi connectivity index (χ3n) is 9.78. The average molecular weight is 699 g/mol. The highest BCUT2D eigenvalue weighted by molar-refractivity contribution is 7.80. The first-order valence-electron chi connectivity index (χ1n) is 17.8. The van der Waals surface area contributed by atoms with Crippen LogP contribution in [0.4, 0.5) is 0 Å². The molecule has 2 atom stereocenters. The van der Waals surface area contributed by atoms with E-state index < -0.39 is 15.8 Å². The molecule has 0 aliphatic heterocycles. The van der Waals surface area contributed by atoms with Gasteiger partial charge >= 0.3 is 0 Å². The lowest BCUT2D eigenvalue weighted by Gasteiger charge is -2.40. The SMILES string of the molecule is COC1=CCC[C@@H](P(c2cc(C)cc(C)c2)c2cc(C)cc(C)c2)[C@H]1c1c(OC)cccc1P(c1cc(C)cc(C)c1)c1cc(C)cc(C)c1. The van der Waals surface area contributed by atoms with Crippen LogP contribution in [0.15, 0.2) is 103 Å². The zero-order valence-corrected chi connectivity index (χ0v) is 33.3. The first kappa shape index (κ1) is 36.1. The van der Waals surface area contributed by atoms with Crippen LogP contribution < -0.4 is 31.3 Å². The molecule has 0 N–H and O–H groups in total. The Morgan fingerprint density at radius 2 is 0.940 bits per heavy atom. The van der Waals surface area contributed by atoms with E-state index in [2.05, 4.69) is 152 Å². The summed E-state index contributed by atoms with van der Waals surface area (Å²) in [5, 5.41) is 6.98. The zero-order chi connectivity index (χ0) is 35.7. The molecule has 2 nitrogen and oxygen atoms in total. The third kappa shape index (κ3) is 7.64. The molecular weight excluding hydrogens is 646 g/mol. The number of methoxy groups -OCH3 is 2. The number of hydrogen-bond donors (Lipinski definition) is 0. The summed E-state index contributed by atoms with van der Waals surface area (Å²) in [5.41, 5.74) is 12.0. The van der Waals surface area contributed by atoms with E-state index in [4.69, 9.17) is 9.47 Å². The molecule has 5 aromatic rings. The molecule has 0 saturated carbocycles. The third-order valence-corrected chi connectivity index (χ3v) is 15.0. The molecule has 0 radical (unpaired) electrons. The van der Waals surface area contributed by atoms with E-state index in [0.29, 0.717) is 5.66 Å². The van der Waals surface area contributed by atoms with E-state index >= 15 is 0 Å². The van der Waals surface area contributed by atoms with Gasteiger partial charge in [-0.05, 0) is 123 Å². The van der Waals surface area contributed by atoms with Gasteiger partial charge < -0.3 is 9.47 Å². The Morgan fingerprint density at radius 3 is 1.34 bits per heavy atom. The molecule has 50 heavy (non-hydrogen) atoms. The molecule has 0 spiro atoms. The van der Waals surface area contributed by atoms with Crippen LogP contribution in [0.1, 0.15) is 68.8 Å². The van der Waals surface area contributed by atoms with Crippen LogP contribution in [0.2, 0.25) is 0 Å². The highest BCUT2D eigenvalue weighted by Gasteiger charge is 2.41. The smallest absolute Gasteiger partial charge is 0.123 e. The predicted octanol–water partition coefficient (Wildman–Crippen LogP) is 9.83. The second-order valence-electron chi connectivity index (χ2n) is 14.4. The van der Waals surface area contributed by atoms with Crippen LogP contribution in [-0.4, -0.2) is 19.9 Å². The molecule has 0 unspecified atom stereocenters. The largest absolute Gasteiger partial charge is 0.501 e. The number of hydrogen-bond acceptors (Lipinski definition) is 2. The maximum atomic E-state index is 6.45. The lowest BCUT2D eigenvalue weighted by molar-refractivity contribution is 0.250. The molecule has 0 fully saturated rings. The van der Waals surface area contributed by atoms with Crippen molar-refractivity contribution in [2.75, 3.05) is 14.2 Å². The minimum Gasteiger partial charge on any atom is -0.501 e. The van der Waals surface area contributed by atoms with Gasteiger partial charge in [-0.25, -0.2) is 0 Å². The van der Waals surface area contributed by atoms with Gasteiger partial charge in [-0.1, -0.05) is 129 Å². The van der Waals surface area contributed by atoms with Gasteiger partial charge in [0.05, 0.1) is 25.9 Å². The van der Waals surface area contributed by atoms with Gasteiger partial charge in [0.25, 0.3) is 0 Å². The van der Waals surface area contributed by atoms with E-state index in [-0.39, 0.29) is 5.92 Å². The summed E-state index contributed by atoms with van der Waals surface area (Å²) in [7, 11) is 2.00. The predicted molar refractivity (Wildman–Crippen MR) is 220 cm³/mol. The molecule has 1 aliphatic rings. The van der Waals surface area contributed by atoms with Crippen molar-refractivity contribution in [2.24, 2.45) is 0 Å². The second-order valence-corrected chi connectivity index (χ2v) is 19.0. The fraction of sp³-hybridized carbons (Fsp3) is 0.304. The van der Waals surface area contributed by atoms with Gasteiger partial charge in [0.1, 0.15) is 5.75 Å². The molecule has 0 aromatic heterocycles. The van der Waals surface area contributed by atoms with E-state index in [1.54, 1.807) is 0 Å². The molecule has 1 aliphatic carbocycles. The van der Waals surface area contributed by atoms with Gasteiger partial charge in [-0.3, -0.25) is 0 Å². The quantitative estimate of drug-likeness (QED) is 0.143. The van der Waals surface area contributed by atoms with Crippen molar-refractivity contribution in [3.8, 4) is 5.75 Å². The normalized spacial score (nSPS) is 16.1. The Kier molecular flexibility index (Phi) is 11.0. The van der Waals surface area contributed by atoms with Gasteiger partial charge in [0, 0.05) is 11.2 Å². The molecule has 0 bridgehead atoms. The number of benzene rings is 5. The van der Waals surface area contributed by atoms with Crippen LogP contribution in [-0.2, 0) is 4.74 Å². The fourth-order valence-corrected chi connectivity index (χ4v) is 14.6. The molecule has 258 valence electrons. The van der Waals surface area contributed by atoms with E-state index in [9.17, 15) is 0 Å². The molecular formula is C46H52O2P2. The summed E-state index contributed by atoms with van der Waals surface area (Å²) in [6.07, 6.45) is 4.42. The topological polar surface area (TPSA) is 18.5 Å². The Labute approximate surface area is 303 Å². The number of allylic oxidation sites excluding steroid dienone is 2. The Hall–Kier alpha value is -3.70. The molecule has 0 saturated heterocycles. The molecule has 4 heteroatoms. The standard InChI is InChI=1S/C46H52O2P2/c1-29-17-30(2)22-37(21-29)49(38-23-31(3)18-32(4)24-38)43-15-11-13-41(47-9)45(43)46-42(48-10)14-12-16-44(46)50(39-25-33(5)19-34(6)26-39)40-27-35(7)20-36(8)28-40/h11,13-15,17-28,44,46H,12,16H2,1-10H3/t44-,46+/m1/s1. The van der Waals surface area contributed by atoms with Gasteiger partial charge in [0.2, 0.25) is 0 Å². The number of rotatable bonds is 9. The fourth-order valence-electron chi connectivity index (χ4n) is 8.22. The van der Waals surface area contributed by atoms with Crippen molar-refractivity contribution in [2.45, 2.75) is 79.8 Å². The lowest BCUT2D eigenvalue weighted by Crippen LogP contribution is -2.35. The van der Waals surface area contributed by atoms with Crippen LogP contribution in [0.25, 0.3) is 0 Å². The molecule has 5 aromatic carbocycles. The van der Waals surface area contributed by atoms with Crippen LogP contribution >= 0.6 is 15.8 Å². The summed E-state index contributed by atoms with van der Waals surface area (Å²) in [4.78, 5) is 0. The van der Waals surface area contributed by atoms with E-state index in [1.165, 1.54) is 76.6 Å². The Balaban J connectivity index is 1.67.